The van der Waals surface area contributed by atoms with Crippen LogP contribution in [-0.2, 0) is 6.54 Å². The first-order valence-corrected chi connectivity index (χ1v) is 6.56. The highest BCUT2D eigenvalue weighted by atomic mass is 16.2. The molecule has 5 nitrogen and oxygen atoms in total. The van der Waals surface area contributed by atoms with Gasteiger partial charge in [-0.15, -0.1) is 0 Å². The van der Waals surface area contributed by atoms with Crippen molar-refractivity contribution >= 4 is 11.7 Å². The Morgan fingerprint density at radius 1 is 1.25 bits per heavy atom. The molecule has 5 heteroatoms. The molecule has 20 heavy (non-hydrogen) atoms. The average Bonchev–Trinajstić information content (AvgIpc) is 2.48. The summed E-state index contributed by atoms with van der Waals surface area (Å²) in [5, 5.41) is 3.10. The molecular formula is C15H18N4O. The van der Waals surface area contributed by atoms with E-state index in [0.29, 0.717) is 17.9 Å². The van der Waals surface area contributed by atoms with Crippen LogP contribution in [0.5, 0.6) is 0 Å². The van der Waals surface area contributed by atoms with Crippen LogP contribution in [0.25, 0.3) is 0 Å². The second-order valence-electron chi connectivity index (χ2n) is 4.44. The van der Waals surface area contributed by atoms with E-state index < -0.39 is 0 Å². The Labute approximate surface area is 118 Å². The minimum absolute atomic E-state index is 0.0443. The summed E-state index contributed by atoms with van der Waals surface area (Å²) in [6.07, 6.45) is 3.36. The van der Waals surface area contributed by atoms with Crippen LogP contribution < -0.4 is 5.32 Å². The van der Waals surface area contributed by atoms with Crippen molar-refractivity contribution in [2.75, 3.05) is 18.9 Å². The van der Waals surface area contributed by atoms with Crippen LogP contribution in [0.2, 0.25) is 0 Å². The molecule has 0 aliphatic rings. The van der Waals surface area contributed by atoms with E-state index in [1.165, 1.54) is 0 Å². The monoisotopic (exact) mass is 270 g/mol. The SMILES string of the molecule is CCNc1cc(C(=O)N(C)Cc2ccccn2)ccn1. The molecule has 0 spiro atoms. The van der Waals surface area contributed by atoms with E-state index in [0.717, 1.165) is 12.2 Å². The van der Waals surface area contributed by atoms with Crippen molar-refractivity contribution < 1.29 is 4.79 Å². The molecule has 0 unspecified atom stereocenters. The van der Waals surface area contributed by atoms with Crippen LogP contribution in [0, 0.1) is 0 Å². The summed E-state index contributed by atoms with van der Waals surface area (Å²) < 4.78 is 0. The molecule has 104 valence electrons. The molecule has 1 N–H and O–H groups in total. The van der Waals surface area contributed by atoms with Gasteiger partial charge in [0.25, 0.3) is 5.91 Å². The Morgan fingerprint density at radius 3 is 2.80 bits per heavy atom. The molecule has 0 atom stereocenters. The van der Waals surface area contributed by atoms with E-state index in [1.54, 1.807) is 36.5 Å². The fourth-order valence-electron chi connectivity index (χ4n) is 1.87. The van der Waals surface area contributed by atoms with Crippen molar-refractivity contribution in [1.82, 2.24) is 14.9 Å². The Kier molecular flexibility index (Phi) is 4.65. The van der Waals surface area contributed by atoms with Crippen molar-refractivity contribution in [3.8, 4) is 0 Å². The Balaban J connectivity index is 2.08. The van der Waals surface area contributed by atoms with Gasteiger partial charge in [0.1, 0.15) is 5.82 Å². The second kappa shape index (κ2) is 6.65. The molecule has 0 bridgehead atoms. The molecule has 0 radical (unpaired) electrons. The molecule has 0 aliphatic heterocycles. The minimum Gasteiger partial charge on any atom is -0.370 e. The maximum atomic E-state index is 12.3. The quantitative estimate of drug-likeness (QED) is 0.904. The van der Waals surface area contributed by atoms with Gasteiger partial charge in [0.2, 0.25) is 0 Å². The highest BCUT2D eigenvalue weighted by molar-refractivity contribution is 5.94. The summed E-state index contributed by atoms with van der Waals surface area (Å²) in [5.41, 5.74) is 1.48. The van der Waals surface area contributed by atoms with Crippen molar-refractivity contribution in [2.24, 2.45) is 0 Å². The number of aromatic nitrogens is 2. The summed E-state index contributed by atoms with van der Waals surface area (Å²) in [5.74, 6) is 0.668. The van der Waals surface area contributed by atoms with Crippen molar-refractivity contribution in [3.63, 3.8) is 0 Å². The molecule has 2 aromatic rings. The zero-order valence-corrected chi connectivity index (χ0v) is 11.7. The lowest BCUT2D eigenvalue weighted by molar-refractivity contribution is 0.0783. The third-order valence-electron chi connectivity index (χ3n) is 2.84. The lowest BCUT2D eigenvalue weighted by Crippen LogP contribution is -2.26. The summed E-state index contributed by atoms with van der Waals surface area (Å²) >= 11 is 0. The third-order valence-corrected chi connectivity index (χ3v) is 2.84. The van der Waals surface area contributed by atoms with Crippen molar-refractivity contribution in [2.45, 2.75) is 13.5 Å². The smallest absolute Gasteiger partial charge is 0.254 e. The summed E-state index contributed by atoms with van der Waals surface area (Å²) in [6.45, 7) is 3.25. The average molecular weight is 270 g/mol. The number of amides is 1. The maximum absolute atomic E-state index is 12.3. The van der Waals surface area contributed by atoms with Gasteiger partial charge < -0.3 is 10.2 Å². The van der Waals surface area contributed by atoms with Crippen molar-refractivity contribution in [3.05, 3.63) is 54.0 Å². The largest absolute Gasteiger partial charge is 0.370 e. The fraction of sp³-hybridized carbons (Fsp3) is 0.267. The Morgan fingerprint density at radius 2 is 2.10 bits per heavy atom. The van der Waals surface area contributed by atoms with E-state index in [4.69, 9.17) is 0 Å². The first-order chi connectivity index (χ1) is 9.70. The first-order valence-electron chi connectivity index (χ1n) is 6.56. The number of rotatable bonds is 5. The van der Waals surface area contributed by atoms with E-state index in [1.807, 2.05) is 25.1 Å². The van der Waals surface area contributed by atoms with Crippen LogP contribution >= 0.6 is 0 Å². The third kappa shape index (κ3) is 3.54. The highest BCUT2D eigenvalue weighted by Gasteiger charge is 2.13. The molecule has 0 aromatic carbocycles. The van der Waals surface area contributed by atoms with Gasteiger partial charge in [-0.1, -0.05) is 6.07 Å². The molecule has 0 fully saturated rings. The number of carbonyl (C=O) groups excluding carboxylic acids is 1. The van der Waals surface area contributed by atoms with Crippen LogP contribution in [-0.4, -0.2) is 34.4 Å². The molecule has 2 heterocycles. The number of nitrogens with one attached hydrogen (secondary N) is 1. The maximum Gasteiger partial charge on any atom is 0.254 e. The van der Waals surface area contributed by atoms with E-state index in [2.05, 4.69) is 15.3 Å². The Bertz CT molecular complexity index is 571. The van der Waals surface area contributed by atoms with Gasteiger partial charge >= 0.3 is 0 Å². The van der Waals surface area contributed by atoms with Crippen LogP contribution in [0.3, 0.4) is 0 Å². The lowest BCUT2D eigenvalue weighted by atomic mass is 10.2. The molecular weight excluding hydrogens is 252 g/mol. The van der Waals surface area contributed by atoms with Gasteiger partial charge in [-0.3, -0.25) is 9.78 Å². The number of nitrogens with zero attached hydrogens (tertiary/aromatic N) is 3. The van der Waals surface area contributed by atoms with Gasteiger partial charge in [-0.2, -0.15) is 0 Å². The first kappa shape index (κ1) is 14.0. The predicted molar refractivity (Wildman–Crippen MR) is 78.4 cm³/mol. The number of carbonyl (C=O) groups is 1. The molecule has 2 aromatic heterocycles. The predicted octanol–water partition coefficient (Wildman–Crippen LogP) is 2.18. The van der Waals surface area contributed by atoms with Crippen molar-refractivity contribution in [1.29, 1.82) is 0 Å². The van der Waals surface area contributed by atoms with Gasteiger partial charge in [0.15, 0.2) is 0 Å². The fourth-order valence-corrected chi connectivity index (χ4v) is 1.87. The standard InChI is InChI=1S/C15H18N4O/c1-3-16-14-10-12(7-9-18-14)15(20)19(2)11-13-6-4-5-8-17-13/h4-10H,3,11H2,1-2H3,(H,16,18). The number of pyridine rings is 2. The summed E-state index contributed by atoms with van der Waals surface area (Å²) in [6, 6.07) is 9.16. The number of hydrogen-bond acceptors (Lipinski definition) is 4. The van der Waals surface area contributed by atoms with E-state index in [-0.39, 0.29) is 5.91 Å². The molecule has 1 amide bonds. The van der Waals surface area contributed by atoms with Gasteiger partial charge in [0, 0.05) is 31.5 Å². The van der Waals surface area contributed by atoms with Gasteiger partial charge in [-0.05, 0) is 31.2 Å². The second-order valence-corrected chi connectivity index (χ2v) is 4.44. The van der Waals surface area contributed by atoms with E-state index in [9.17, 15) is 4.79 Å². The number of anilines is 1. The van der Waals surface area contributed by atoms with E-state index >= 15 is 0 Å². The number of hydrogen-bond donors (Lipinski definition) is 1. The zero-order valence-electron chi connectivity index (χ0n) is 11.7. The summed E-state index contributed by atoms with van der Waals surface area (Å²) in [4.78, 5) is 22.4. The van der Waals surface area contributed by atoms with Crippen LogP contribution in [0.1, 0.15) is 23.0 Å². The minimum atomic E-state index is -0.0443. The van der Waals surface area contributed by atoms with Gasteiger partial charge in [0.05, 0.1) is 12.2 Å². The summed E-state index contributed by atoms with van der Waals surface area (Å²) in [7, 11) is 1.77. The highest BCUT2D eigenvalue weighted by Crippen LogP contribution is 2.10. The normalized spacial score (nSPS) is 10.1. The van der Waals surface area contributed by atoms with Crippen LogP contribution in [0.15, 0.2) is 42.7 Å². The molecule has 0 aliphatic carbocycles. The molecule has 0 saturated heterocycles. The topological polar surface area (TPSA) is 58.1 Å². The molecule has 0 saturated carbocycles. The lowest BCUT2D eigenvalue weighted by Gasteiger charge is -2.17. The van der Waals surface area contributed by atoms with Gasteiger partial charge in [-0.25, -0.2) is 4.98 Å². The zero-order chi connectivity index (χ0) is 14.4. The molecule has 2 rings (SSSR count). The Hall–Kier alpha value is -2.43. The van der Waals surface area contributed by atoms with Crippen LogP contribution in [0.4, 0.5) is 5.82 Å².